The Labute approximate surface area is 177 Å². The first-order valence-corrected chi connectivity index (χ1v) is 10.8. The lowest BCUT2D eigenvalue weighted by Gasteiger charge is -2.34. The fraction of sp³-hybridized carbons (Fsp3) is 0.409. The van der Waals surface area contributed by atoms with Crippen LogP contribution in [0.1, 0.15) is 47.7 Å². The second kappa shape index (κ2) is 8.65. The van der Waals surface area contributed by atoms with Gasteiger partial charge in [0.25, 0.3) is 0 Å². The van der Waals surface area contributed by atoms with Gasteiger partial charge in [-0.15, -0.1) is 11.3 Å². The third-order valence-electron chi connectivity index (χ3n) is 5.45. The Bertz CT molecular complexity index is 984. The summed E-state index contributed by atoms with van der Waals surface area (Å²) in [7, 11) is 0. The van der Waals surface area contributed by atoms with Crippen molar-refractivity contribution < 1.29 is 28.6 Å². The molecular weight excluding hydrogens is 409 g/mol. The van der Waals surface area contributed by atoms with Crippen LogP contribution in [0, 0.1) is 11.7 Å². The summed E-state index contributed by atoms with van der Waals surface area (Å²) in [5.74, 6) is -1.93. The zero-order valence-electron chi connectivity index (χ0n) is 16.3. The van der Waals surface area contributed by atoms with Crippen molar-refractivity contribution in [3.63, 3.8) is 0 Å². The highest BCUT2D eigenvalue weighted by Gasteiger charge is 2.40. The summed E-state index contributed by atoms with van der Waals surface area (Å²) in [6.45, 7) is 1.08. The van der Waals surface area contributed by atoms with Crippen LogP contribution in [0.25, 0.3) is 0 Å². The van der Waals surface area contributed by atoms with E-state index in [1.54, 1.807) is 24.3 Å². The molecule has 2 heterocycles. The number of ether oxygens (including phenoxy) is 1. The first-order valence-electron chi connectivity index (χ1n) is 9.98. The largest absolute Gasteiger partial charge is 0.481 e. The van der Waals surface area contributed by atoms with E-state index in [0.717, 1.165) is 23.3 Å². The Morgan fingerprint density at radius 1 is 1.23 bits per heavy atom. The number of esters is 1. The number of carbonyl (C=O) groups excluding carboxylic acids is 2. The summed E-state index contributed by atoms with van der Waals surface area (Å²) < 4.78 is 19.8. The molecule has 30 heavy (non-hydrogen) atoms. The average molecular weight is 431 g/mol. The summed E-state index contributed by atoms with van der Waals surface area (Å²) >= 11 is 1.36. The Balaban J connectivity index is 1.51. The zero-order valence-corrected chi connectivity index (χ0v) is 17.1. The molecule has 1 aromatic carbocycles. The second-order valence-corrected chi connectivity index (χ2v) is 8.80. The van der Waals surface area contributed by atoms with Crippen LogP contribution in [0.15, 0.2) is 30.3 Å². The maximum atomic E-state index is 14.5. The van der Waals surface area contributed by atoms with E-state index in [9.17, 15) is 18.8 Å². The van der Waals surface area contributed by atoms with Gasteiger partial charge in [0.15, 0.2) is 10.8 Å². The fourth-order valence-electron chi connectivity index (χ4n) is 3.79. The number of thiophene rings is 1. The molecule has 0 radical (unpaired) electrons. The Morgan fingerprint density at radius 3 is 2.70 bits per heavy atom. The number of aliphatic carboxylic acids is 1. The summed E-state index contributed by atoms with van der Waals surface area (Å²) in [6, 6.07) is 7.59. The molecule has 1 saturated carbocycles. The van der Waals surface area contributed by atoms with E-state index in [0.29, 0.717) is 30.1 Å². The third-order valence-corrected chi connectivity index (χ3v) is 6.56. The minimum atomic E-state index is -1.05. The van der Waals surface area contributed by atoms with Gasteiger partial charge in [-0.1, -0.05) is 18.2 Å². The van der Waals surface area contributed by atoms with E-state index in [2.05, 4.69) is 0 Å². The Morgan fingerprint density at radius 2 is 2.00 bits per heavy atom. The van der Waals surface area contributed by atoms with E-state index in [1.807, 2.05) is 4.90 Å². The molecule has 1 N–H and O–H groups in total. The number of carbonyl (C=O) groups is 3. The molecule has 0 spiro atoms. The number of ketones is 1. The summed E-state index contributed by atoms with van der Waals surface area (Å²) in [6.07, 6.45) is 1.94. The SMILES string of the molecule is O=C(O)CCC(=O)Oc1cc2c(s1)CCN(C(C(=O)C1CC1)c1ccccc1F)C2. The van der Waals surface area contributed by atoms with E-state index < -0.39 is 18.0 Å². The van der Waals surface area contributed by atoms with Gasteiger partial charge in [-0.05, 0) is 37.0 Å². The number of benzene rings is 1. The summed E-state index contributed by atoms with van der Waals surface area (Å²) in [4.78, 5) is 38.5. The number of carboxylic acid groups (broad SMARTS) is 1. The number of nitrogens with zero attached hydrogens (tertiary/aromatic N) is 1. The van der Waals surface area contributed by atoms with Crippen molar-refractivity contribution in [3.8, 4) is 5.06 Å². The fourth-order valence-corrected chi connectivity index (χ4v) is 4.81. The first kappa shape index (κ1) is 20.7. The molecule has 1 aliphatic carbocycles. The van der Waals surface area contributed by atoms with Crippen molar-refractivity contribution in [3.05, 3.63) is 52.2 Å². The molecule has 4 rings (SSSR count). The molecule has 6 nitrogen and oxygen atoms in total. The minimum absolute atomic E-state index is 0.00392. The number of halogens is 1. The van der Waals surface area contributed by atoms with Crippen LogP contribution < -0.4 is 4.74 Å². The molecule has 0 bridgehead atoms. The van der Waals surface area contributed by atoms with Crippen molar-refractivity contribution in [2.75, 3.05) is 6.54 Å². The molecule has 2 aromatic rings. The van der Waals surface area contributed by atoms with Gasteiger partial charge in [-0.3, -0.25) is 19.3 Å². The quantitative estimate of drug-likeness (QED) is 0.641. The van der Waals surface area contributed by atoms with Crippen LogP contribution in [0.5, 0.6) is 5.06 Å². The second-order valence-electron chi connectivity index (χ2n) is 7.70. The maximum Gasteiger partial charge on any atom is 0.312 e. The van der Waals surface area contributed by atoms with Crippen LogP contribution in [0.2, 0.25) is 0 Å². The van der Waals surface area contributed by atoms with Crippen LogP contribution in [-0.4, -0.2) is 34.3 Å². The van der Waals surface area contributed by atoms with E-state index in [-0.39, 0.29) is 30.4 Å². The minimum Gasteiger partial charge on any atom is -0.481 e. The third kappa shape index (κ3) is 4.60. The normalized spacial score (nSPS) is 17.2. The standard InChI is InChI=1S/C22H22FNO5S/c23-16-4-2-1-3-15(16)21(22(28)13-5-6-13)24-10-9-17-14(12-24)11-20(30-17)29-19(27)8-7-18(25)26/h1-4,11,13,21H,5-10,12H2,(H,25,26). The number of hydrogen-bond acceptors (Lipinski definition) is 6. The van der Waals surface area contributed by atoms with Gasteiger partial charge < -0.3 is 9.84 Å². The summed E-state index contributed by atoms with van der Waals surface area (Å²) in [5, 5.41) is 9.10. The molecule has 1 unspecified atom stereocenters. The van der Waals surface area contributed by atoms with Gasteiger partial charge in [-0.2, -0.15) is 0 Å². The number of Topliss-reactive ketones (excluding diaryl/α,β-unsaturated/α-hetero) is 1. The van der Waals surface area contributed by atoms with Gasteiger partial charge in [0.2, 0.25) is 0 Å². The summed E-state index contributed by atoms with van der Waals surface area (Å²) in [5.41, 5.74) is 1.37. The van der Waals surface area contributed by atoms with Gasteiger partial charge in [0, 0.05) is 29.4 Å². The number of hydrogen-bond donors (Lipinski definition) is 1. The number of rotatable bonds is 8. The Hall–Kier alpha value is -2.58. The molecule has 2 aliphatic rings. The highest BCUT2D eigenvalue weighted by Crippen LogP contribution is 2.41. The van der Waals surface area contributed by atoms with Gasteiger partial charge >= 0.3 is 11.9 Å². The molecule has 1 atom stereocenters. The molecule has 0 amide bonds. The Kier molecular flexibility index (Phi) is 5.97. The zero-order chi connectivity index (χ0) is 21.3. The molecular formula is C22H22FNO5S. The molecule has 1 aromatic heterocycles. The lowest BCUT2D eigenvalue weighted by atomic mass is 9.95. The van der Waals surface area contributed by atoms with Crippen LogP contribution in [-0.2, 0) is 27.3 Å². The van der Waals surface area contributed by atoms with E-state index >= 15 is 0 Å². The lowest BCUT2D eigenvalue weighted by molar-refractivity contribution is -0.142. The smallest absolute Gasteiger partial charge is 0.312 e. The van der Waals surface area contributed by atoms with Gasteiger partial charge in [0.05, 0.1) is 18.9 Å². The molecule has 8 heteroatoms. The number of fused-ring (bicyclic) bond motifs is 1. The van der Waals surface area contributed by atoms with Crippen LogP contribution in [0.4, 0.5) is 4.39 Å². The van der Waals surface area contributed by atoms with Crippen LogP contribution in [0.3, 0.4) is 0 Å². The monoisotopic (exact) mass is 431 g/mol. The first-order chi connectivity index (χ1) is 14.4. The molecule has 158 valence electrons. The molecule has 1 aliphatic heterocycles. The van der Waals surface area contributed by atoms with E-state index in [4.69, 9.17) is 9.84 Å². The lowest BCUT2D eigenvalue weighted by Crippen LogP contribution is -2.38. The number of carboxylic acids is 1. The molecule has 0 saturated heterocycles. The van der Waals surface area contributed by atoms with Crippen molar-refractivity contribution in [2.45, 2.75) is 44.7 Å². The van der Waals surface area contributed by atoms with Crippen molar-refractivity contribution in [2.24, 2.45) is 5.92 Å². The molecule has 1 fully saturated rings. The van der Waals surface area contributed by atoms with Crippen molar-refractivity contribution in [1.29, 1.82) is 0 Å². The van der Waals surface area contributed by atoms with Gasteiger partial charge in [0.1, 0.15) is 5.82 Å². The van der Waals surface area contributed by atoms with Crippen molar-refractivity contribution in [1.82, 2.24) is 4.90 Å². The van der Waals surface area contributed by atoms with Crippen LogP contribution >= 0.6 is 11.3 Å². The predicted octanol–water partition coefficient (Wildman–Crippen LogP) is 3.74. The predicted molar refractivity (Wildman–Crippen MR) is 108 cm³/mol. The maximum absolute atomic E-state index is 14.5. The van der Waals surface area contributed by atoms with Gasteiger partial charge in [-0.25, -0.2) is 4.39 Å². The highest BCUT2D eigenvalue weighted by molar-refractivity contribution is 7.14. The van der Waals surface area contributed by atoms with E-state index in [1.165, 1.54) is 17.4 Å². The average Bonchev–Trinajstić information content (AvgIpc) is 3.48. The van der Waals surface area contributed by atoms with Crippen molar-refractivity contribution >= 4 is 29.1 Å². The highest BCUT2D eigenvalue weighted by atomic mass is 32.1. The topological polar surface area (TPSA) is 83.9 Å².